The fourth-order valence-electron chi connectivity index (χ4n) is 3.05. The Morgan fingerprint density at radius 3 is 2.24 bits per heavy atom. The van der Waals surface area contributed by atoms with E-state index in [-0.39, 0.29) is 5.41 Å². The van der Waals surface area contributed by atoms with E-state index in [2.05, 4.69) is 34.6 Å². The maximum Gasteiger partial charge on any atom is 0.0631 e. The summed E-state index contributed by atoms with van der Waals surface area (Å²) in [5.74, 6) is 0.424. The second kappa shape index (κ2) is 5.24. The largest absolute Gasteiger partial charge is 0.0910 e. The van der Waals surface area contributed by atoms with E-state index in [9.17, 15) is 0 Å². The Hall–Kier alpha value is -0.130. The minimum atomic E-state index is -0.551. The van der Waals surface area contributed by atoms with Gasteiger partial charge in [-0.3, -0.25) is 0 Å². The highest BCUT2D eigenvalue weighted by atomic mass is 14.4. The van der Waals surface area contributed by atoms with Crippen LogP contribution in [0.5, 0.6) is 0 Å². The van der Waals surface area contributed by atoms with Gasteiger partial charge in [-0.15, -0.1) is 0 Å². The lowest BCUT2D eigenvalue weighted by atomic mass is 9.36. The SMILES string of the molecule is [B]C([B])(C1CCC(C)=C(C)C1)C(C)(C)CCC. The fourth-order valence-corrected chi connectivity index (χ4v) is 3.05. The molecule has 4 radical (unpaired) electrons. The maximum absolute atomic E-state index is 6.52. The Morgan fingerprint density at radius 1 is 1.18 bits per heavy atom. The third-order valence-corrected chi connectivity index (χ3v) is 4.87. The zero-order valence-corrected chi connectivity index (χ0v) is 12.3. The van der Waals surface area contributed by atoms with Crippen molar-refractivity contribution in [3.8, 4) is 0 Å². The molecule has 1 atom stereocenters. The maximum atomic E-state index is 6.52. The van der Waals surface area contributed by atoms with Crippen LogP contribution >= 0.6 is 0 Å². The zero-order valence-electron chi connectivity index (χ0n) is 12.3. The first-order valence-corrected chi connectivity index (χ1v) is 6.95. The quantitative estimate of drug-likeness (QED) is 0.494. The molecule has 0 aromatic heterocycles. The summed E-state index contributed by atoms with van der Waals surface area (Å²) in [5, 5.41) is -0.551. The highest BCUT2D eigenvalue weighted by molar-refractivity contribution is 6.40. The first kappa shape index (κ1) is 14.9. The summed E-state index contributed by atoms with van der Waals surface area (Å²) < 4.78 is 0. The number of allylic oxidation sites excluding steroid dienone is 2. The highest BCUT2D eigenvalue weighted by Crippen LogP contribution is 2.53. The molecular formula is C15H26B2. The summed E-state index contributed by atoms with van der Waals surface area (Å²) in [7, 11) is 13.0. The van der Waals surface area contributed by atoms with Gasteiger partial charge in [0.1, 0.15) is 0 Å². The van der Waals surface area contributed by atoms with Gasteiger partial charge < -0.3 is 0 Å². The van der Waals surface area contributed by atoms with E-state index in [1.807, 2.05) is 0 Å². The van der Waals surface area contributed by atoms with Crippen LogP contribution in [-0.2, 0) is 0 Å². The van der Waals surface area contributed by atoms with Crippen molar-refractivity contribution in [1.29, 1.82) is 0 Å². The Morgan fingerprint density at radius 2 is 1.76 bits per heavy atom. The molecule has 0 fully saturated rings. The Bertz CT molecular complexity index is 300. The lowest BCUT2D eigenvalue weighted by Crippen LogP contribution is -2.39. The van der Waals surface area contributed by atoms with Crippen LogP contribution in [0.1, 0.15) is 66.7 Å². The van der Waals surface area contributed by atoms with Crippen LogP contribution in [0.3, 0.4) is 0 Å². The Labute approximate surface area is 110 Å². The molecular weight excluding hydrogens is 202 g/mol. The summed E-state index contributed by atoms with van der Waals surface area (Å²) in [6.07, 6.45) is 5.62. The van der Waals surface area contributed by atoms with Crippen molar-refractivity contribution in [3.63, 3.8) is 0 Å². The number of hydrogen-bond acceptors (Lipinski definition) is 0. The first-order valence-electron chi connectivity index (χ1n) is 6.95. The van der Waals surface area contributed by atoms with Gasteiger partial charge in [-0.2, -0.15) is 0 Å². The Balaban J connectivity index is 2.85. The molecule has 0 amide bonds. The van der Waals surface area contributed by atoms with Gasteiger partial charge in [0, 0.05) is 0 Å². The molecule has 0 nitrogen and oxygen atoms in total. The van der Waals surface area contributed by atoms with Crippen LogP contribution in [0.15, 0.2) is 11.1 Å². The summed E-state index contributed by atoms with van der Waals surface area (Å²) in [5.41, 5.74) is 3.04. The normalized spacial score (nSPS) is 23.0. The molecule has 0 aliphatic heterocycles. The molecule has 1 aliphatic rings. The van der Waals surface area contributed by atoms with Gasteiger partial charge in [0.15, 0.2) is 0 Å². The molecule has 17 heavy (non-hydrogen) atoms. The molecule has 0 spiro atoms. The van der Waals surface area contributed by atoms with Crippen molar-refractivity contribution in [1.82, 2.24) is 0 Å². The van der Waals surface area contributed by atoms with Gasteiger partial charge in [0.25, 0.3) is 0 Å². The number of hydrogen-bond donors (Lipinski definition) is 0. The standard InChI is InChI=1S/C15H26B2/c1-6-9-14(4,5)15(16,17)13-8-7-11(2)12(3)10-13/h13H,6-10H2,1-5H3. The molecule has 0 N–H and O–H groups in total. The van der Waals surface area contributed by atoms with Crippen LogP contribution in [0, 0.1) is 11.3 Å². The zero-order chi connectivity index (χ0) is 13.3. The smallest absolute Gasteiger partial charge is 0.0631 e. The summed E-state index contributed by atoms with van der Waals surface area (Å²) >= 11 is 0. The average molecular weight is 228 g/mol. The van der Waals surface area contributed by atoms with Crippen LogP contribution in [0.2, 0.25) is 5.21 Å². The Kier molecular flexibility index (Phi) is 4.60. The molecule has 1 unspecified atom stereocenters. The third kappa shape index (κ3) is 3.01. The van der Waals surface area contributed by atoms with Crippen LogP contribution < -0.4 is 0 Å². The topological polar surface area (TPSA) is 0 Å². The third-order valence-electron chi connectivity index (χ3n) is 4.87. The van der Waals surface area contributed by atoms with E-state index in [4.69, 9.17) is 15.7 Å². The van der Waals surface area contributed by atoms with E-state index >= 15 is 0 Å². The second-order valence-electron chi connectivity index (χ2n) is 6.57. The lowest BCUT2D eigenvalue weighted by Gasteiger charge is -2.50. The monoisotopic (exact) mass is 228 g/mol. The van der Waals surface area contributed by atoms with Crippen LogP contribution in [0.4, 0.5) is 0 Å². The van der Waals surface area contributed by atoms with Gasteiger partial charge in [-0.25, -0.2) is 0 Å². The van der Waals surface area contributed by atoms with E-state index in [1.54, 1.807) is 0 Å². The van der Waals surface area contributed by atoms with Gasteiger partial charge in [-0.1, -0.05) is 43.6 Å². The molecule has 2 heteroatoms. The predicted octanol–water partition coefficient (Wildman–Crippen LogP) is 4.40. The van der Waals surface area contributed by atoms with Gasteiger partial charge in [0.05, 0.1) is 15.7 Å². The predicted molar refractivity (Wildman–Crippen MR) is 78.6 cm³/mol. The molecule has 0 aromatic carbocycles. The molecule has 1 aliphatic carbocycles. The van der Waals surface area contributed by atoms with Gasteiger partial charge in [0.2, 0.25) is 0 Å². The van der Waals surface area contributed by atoms with E-state index in [0.29, 0.717) is 5.92 Å². The van der Waals surface area contributed by atoms with Crippen molar-refractivity contribution >= 4 is 15.7 Å². The fraction of sp³-hybridized carbons (Fsp3) is 0.867. The van der Waals surface area contributed by atoms with Crippen molar-refractivity contribution in [2.24, 2.45) is 11.3 Å². The molecule has 92 valence electrons. The highest BCUT2D eigenvalue weighted by Gasteiger charge is 2.41. The summed E-state index contributed by atoms with van der Waals surface area (Å²) in [4.78, 5) is 0. The van der Waals surface area contributed by atoms with E-state index in [1.165, 1.54) is 11.1 Å². The second-order valence-corrected chi connectivity index (χ2v) is 6.57. The lowest BCUT2D eigenvalue weighted by molar-refractivity contribution is 0.200. The van der Waals surface area contributed by atoms with E-state index in [0.717, 1.165) is 32.1 Å². The molecule has 0 saturated carbocycles. The summed E-state index contributed by atoms with van der Waals surface area (Å²) in [6.45, 7) is 11.1. The van der Waals surface area contributed by atoms with Crippen LogP contribution in [0.25, 0.3) is 0 Å². The minimum Gasteiger partial charge on any atom is -0.0910 e. The molecule has 0 bridgehead atoms. The summed E-state index contributed by atoms with van der Waals surface area (Å²) in [6, 6.07) is 0. The van der Waals surface area contributed by atoms with Crippen LogP contribution in [-0.4, -0.2) is 15.7 Å². The molecule has 0 saturated heterocycles. The minimum absolute atomic E-state index is 0.0118. The molecule has 1 rings (SSSR count). The average Bonchev–Trinajstić information content (AvgIpc) is 2.21. The van der Waals surface area contributed by atoms with Gasteiger partial charge in [-0.05, 0) is 50.9 Å². The van der Waals surface area contributed by atoms with Gasteiger partial charge >= 0.3 is 0 Å². The van der Waals surface area contributed by atoms with Crippen molar-refractivity contribution in [2.45, 2.75) is 71.9 Å². The first-order chi connectivity index (χ1) is 7.72. The molecule has 0 aromatic rings. The van der Waals surface area contributed by atoms with Crippen molar-refractivity contribution < 1.29 is 0 Å². The number of rotatable bonds is 4. The van der Waals surface area contributed by atoms with Crippen molar-refractivity contribution in [3.05, 3.63) is 11.1 Å². The van der Waals surface area contributed by atoms with E-state index < -0.39 is 5.21 Å². The molecule has 0 heterocycles. The van der Waals surface area contributed by atoms with Crippen molar-refractivity contribution in [2.75, 3.05) is 0 Å².